The van der Waals surface area contributed by atoms with E-state index in [1.165, 1.54) is 12.1 Å². The maximum absolute atomic E-state index is 13.9. The number of nitrogens with zero attached hydrogens (tertiary/aromatic N) is 5. The Balaban J connectivity index is 1.55. The van der Waals surface area contributed by atoms with Gasteiger partial charge in [0.05, 0.1) is 17.2 Å². The van der Waals surface area contributed by atoms with Crippen LogP contribution in [0.5, 0.6) is 0 Å². The van der Waals surface area contributed by atoms with E-state index in [0.29, 0.717) is 24.1 Å². The average Bonchev–Trinajstić information content (AvgIpc) is 2.93. The van der Waals surface area contributed by atoms with Crippen LogP contribution in [0.4, 0.5) is 15.9 Å². The third-order valence-electron chi connectivity index (χ3n) is 7.86. The topological polar surface area (TPSA) is 62.8 Å². The van der Waals surface area contributed by atoms with Crippen molar-refractivity contribution in [2.75, 3.05) is 31.3 Å². The van der Waals surface area contributed by atoms with Crippen LogP contribution in [-0.2, 0) is 11.6 Å². The lowest BCUT2D eigenvalue weighted by atomic mass is 9.93. The molecule has 7 nitrogen and oxygen atoms in total. The van der Waals surface area contributed by atoms with Crippen LogP contribution in [0, 0.1) is 12.4 Å². The summed E-state index contributed by atoms with van der Waals surface area (Å²) in [5.74, 6) is 0.000991. The molecule has 4 aromatic rings. The molecule has 5 rings (SSSR count). The minimum atomic E-state index is -2.40. The van der Waals surface area contributed by atoms with Crippen molar-refractivity contribution in [1.82, 2.24) is 14.5 Å². The van der Waals surface area contributed by atoms with Crippen LogP contribution in [0.3, 0.4) is 0 Å². The van der Waals surface area contributed by atoms with E-state index in [1.807, 2.05) is 36.4 Å². The minimum Gasteiger partial charge on any atom is -0.362 e. The van der Waals surface area contributed by atoms with E-state index in [4.69, 9.17) is 6.57 Å². The summed E-state index contributed by atoms with van der Waals surface area (Å²) in [7, 11) is -0.684. The second-order valence-electron chi connectivity index (χ2n) is 11.0. The van der Waals surface area contributed by atoms with Crippen molar-refractivity contribution in [1.29, 1.82) is 0 Å². The molecule has 3 atom stereocenters. The minimum absolute atomic E-state index is 0.0126. The van der Waals surface area contributed by atoms with Gasteiger partial charge in [0.15, 0.2) is 0 Å². The normalized spacial score (nSPS) is 19.0. The Kier molecular flexibility index (Phi) is 7.39. The van der Waals surface area contributed by atoms with Crippen molar-refractivity contribution in [3.8, 4) is 0 Å². The smallest absolute Gasteiger partial charge is 0.270 e. The standard InChI is InChI=1S/C31H33FN5O2P/c1-20-19-37(31(22-7-11-24(32)12-8-22)23-9-13-25(14-10-23)40(5,6)39)21(2)18-36(20)27-17-29(38)35(4)26-15-16-28(33-3)34-30(26)27/h7-17,20-21,31H,18-19H2,1-2,4-6H3/t20-,21+,31?/m0/s1. The van der Waals surface area contributed by atoms with E-state index in [2.05, 4.69) is 33.5 Å². The highest BCUT2D eigenvalue weighted by molar-refractivity contribution is 7.70. The molecule has 2 aromatic heterocycles. The van der Waals surface area contributed by atoms with Gasteiger partial charge in [-0.25, -0.2) is 4.39 Å². The predicted molar refractivity (Wildman–Crippen MR) is 160 cm³/mol. The molecule has 1 unspecified atom stereocenters. The van der Waals surface area contributed by atoms with Gasteiger partial charge >= 0.3 is 0 Å². The summed E-state index contributed by atoms with van der Waals surface area (Å²) in [4.78, 5) is 25.6. The van der Waals surface area contributed by atoms with Crippen molar-refractivity contribution in [2.24, 2.45) is 7.05 Å². The van der Waals surface area contributed by atoms with Crippen LogP contribution in [0.15, 0.2) is 71.5 Å². The number of anilines is 1. The predicted octanol–water partition coefficient (Wildman–Crippen LogP) is 5.56. The number of benzene rings is 2. The Bertz CT molecular complexity index is 1710. The number of rotatable bonds is 5. The maximum atomic E-state index is 13.9. The molecule has 1 saturated heterocycles. The number of piperazine rings is 1. The third-order valence-corrected chi connectivity index (χ3v) is 9.40. The molecule has 1 fully saturated rings. The SMILES string of the molecule is [C-]#[N+]c1ccc2c(n1)c(N1C[C@@H](C)N(C(c3ccc(F)cc3)c3ccc(P(C)(C)=O)cc3)C[C@@H]1C)cc(=O)n2C. The lowest BCUT2D eigenvalue weighted by molar-refractivity contribution is 0.130. The van der Waals surface area contributed by atoms with Crippen molar-refractivity contribution >= 4 is 35.0 Å². The first-order valence-corrected chi connectivity index (χ1v) is 15.9. The van der Waals surface area contributed by atoms with Gasteiger partial charge in [-0.2, -0.15) is 0 Å². The average molecular weight is 558 g/mol. The van der Waals surface area contributed by atoms with Gasteiger partial charge in [0, 0.05) is 43.6 Å². The molecule has 1 aliphatic rings. The Hall–Kier alpha value is -3.79. The fourth-order valence-corrected chi connectivity index (χ4v) is 6.53. The van der Waals surface area contributed by atoms with E-state index in [1.54, 1.807) is 43.1 Å². The number of hydrogen-bond donors (Lipinski definition) is 0. The number of hydrogen-bond acceptors (Lipinski definition) is 5. The molecule has 3 heterocycles. The van der Waals surface area contributed by atoms with Crippen LogP contribution in [-0.4, -0.2) is 53.0 Å². The maximum Gasteiger partial charge on any atom is 0.270 e. The van der Waals surface area contributed by atoms with Gasteiger partial charge in [-0.15, -0.1) is 4.98 Å². The molecule has 2 aromatic carbocycles. The monoisotopic (exact) mass is 557 g/mol. The molecular weight excluding hydrogens is 524 g/mol. The number of fused-ring (bicyclic) bond motifs is 1. The summed E-state index contributed by atoms with van der Waals surface area (Å²) in [6, 6.07) is 19.5. The number of pyridine rings is 2. The van der Waals surface area contributed by atoms with Crippen LogP contribution in [0.2, 0.25) is 0 Å². The quantitative estimate of drug-likeness (QED) is 0.238. The summed E-state index contributed by atoms with van der Waals surface area (Å²) in [6.07, 6.45) is 0. The highest BCUT2D eigenvalue weighted by atomic mass is 31.2. The molecule has 0 bridgehead atoms. The van der Waals surface area contributed by atoms with E-state index in [9.17, 15) is 13.8 Å². The lowest BCUT2D eigenvalue weighted by Gasteiger charge is -2.48. The van der Waals surface area contributed by atoms with Crippen LogP contribution < -0.4 is 15.8 Å². The van der Waals surface area contributed by atoms with E-state index >= 15 is 0 Å². The molecule has 206 valence electrons. The van der Waals surface area contributed by atoms with Gasteiger partial charge in [0.2, 0.25) is 5.52 Å². The largest absolute Gasteiger partial charge is 0.362 e. The van der Waals surface area contributed by atoms with Crippen molar-refractivity contribution in [2.45, 2.75) is 32.0 Å². The molecule has 0 saturated carbocycles. The highest BCUT2D eigenvalue weighted by Crippen LogP contribution is 2.38. The van der Waals surface area contributed by atoms with Crippen LogP contribution in [0.1, 0.15) is 31.0 Å². The van der Waals surface area contributed by atoms with Crippen LogP contribution >= 0.6 is 7.14 Å². The Morgan fingerprint density at radius 2 is 1.60 bits per heavy atom. The van der Waals surface area contributed by atoms with E-state index < -0.39 is 7.14 Å². The fourth-order valence-electron chi connectivity index (χ4n) is 5.67. The Morgan fingerprint density at radius 1 is 0.975 bits per heavy atom. The first kappa shape index (κ1) is 27.8. The van der Waals surface area contributed by atoms with Crippen molar-refractivity contribution in [3.05, 3.63) is 105 Å². The molecule has 9 heteroatoms. The summed E-state index contributed by atoms with van der Waals surface area (Å²) >= 11 is 0. The van der Waals surface area contributed by atoms with Crippen molar-refractivity contribution in [3.63, 3.8) is 0 Å². The zero-order chi connectivity index (χ0) is 28.8. The first-order valence-electron chi connectivity index (χ1n) is 13.3. The van der Waals surface area contributed by atoms with Crippen LogP contribution in [0.25, 0.3) is 15.9 Å². The lowest BCUT2D eigenvalue weighted by Crippen LogP contribution is -2.57. The Morgan fingerprint density at radius 3 is 2.20 bits per heavy atom. The number of aromatic nitrogens is 2. The molecule has 40 heavy (non-hydrogen) atoms. The molecule has 0 N–H and O–H groups in total. The second kappa shape index (κ2) is 10.6. The summed E-state index contributed by atoms with van der Waals surface area (Å²) in [5.41, 5.74) is 3.93. The van der Waals surface area contributed by atoms with Crippen molar-refractivity contribution < 1.29 is 8.96 Å². The van der Waals surface area contributed by atoms with Gasteiger partial charge < -0.3 is 18.9 Å². The first-order chi connectivity index (χ1) is 19.0. The highest BCUT2D eigenvalue weighted by Gasteiger charge is 2.36. The molecule has 1 aliphatic heterocycles. The van der Waals surface area contributed by atoms with Gasteiger partial charge in [0.25, 0.3) is 11.4 Å². The zero-order valence-electron chi connectivity index (χ0n) is 23.4. The van der Waals surface area contributed by atoms with Gasteiger partial charge in [0.1, 0.15) is 13.0 Å². The summed E-state index contributed by atoms with van der Waals surface area (Å²) < 4.78 is 28.1. The second-order valence-corrected chi connectivity index (χ2v) is 14.2. The molecule has 0 amide bonds. The molecule has 0 radical (unpaired) electrons. The number of halogens is 1. The molecule has 0 spiro atoms. The zero-order valence-corrected chi connectivity index (χ0v) is 24.3. The number of aryl methyl sites for hydroxylation is 1. The van der Waals surface area contributed by atoms with Gasteiger partial charge in [-0.3, -0.25) is 9.69 Å². The van der Waals surface area contributed by atoms with Gasteiger partial charge in [-0.05, 0) is 62.6 Å². The summed E-state index contributed by atoms with van der Waals surface area (Å²) in [5, 5.41) is 0.823. The van der Waals surface area contributed by atoms with E-state index in [-0.39, 0.29) is 35.3 Å². The Labute approximate surface area is 234 Å². The summed E-state index contributed by atoms with van der Waals surface area (Å²) in [6.45, 7) is 16.5. The molecule has 0 aliphatic carbocycles. The fraction of sp³-hybridized carbons (Fsp3) is 0.323. The molecular formula is C31H33FN5O2P. The third kappa shape index (κ3) is 5.20. The van der Waals surface area contributed by atoms with E-state index in [0.717, 1.165) is 22.1 Å². The van der Waals surface area contributed by atoms with Gasteiger partial charge in [-0.1, -0.05) is 43.0 Å².